The van der Waals surface area contributed by atoms with Gasteiger partial charge in [-0.3, -0.25) is 19.3 Å². The highest BCUT2D eigenvalue weighted by Crippen LogP contribution is 2.30. The normalized spacial score (nSPS) is 18.1. The van der Waals surface area contributed by atoms with Crippen LogP contribution in [0.15, 0.2) is 46.3 Å². The Balaban J connectivity index is 1.88. The van der Waals surface area contributed by atoms with Crippen LogP contribution in [0.2, 0.25) is 0 Å². The van der Waals surface area contributed by atoms with Gasteiger partial charge in [-0.25, -0.2) is 8.42 Å². The molecule has 152 valence electrons. The second-order valence-electron chi connectivity index (χ2n) is 7.19. The summed E-state index contributed by atoms with van der Waals surface area (Å²) in [6.07, 6.45) is 3.28. The fourth-order valence-corrected chi connectivity index (χ4v) is 5.45. The van der Waals surface area contributed by atoms with Crippen LogP contribution in [-0.4, -0.2) is 40.8 Å². The highest BCUT2D eigenvalue weighted by Gasteiger charge is 2.33. The summed E-state index contributed by atoms with van der Waals surface area (Å²) >= 11 is 0. The van der Waals surface area contributed by atoms with E-state index < -0.39 is 21.4 Å². The smallest absolute Gasteiger partial charge is 0.271 e. The summed E-state index contributed by atoms with van der Waals surface area (Å²) in [5, 5.41) is 21.2. The molecule has 9 heteroatoms. The number of sulfone groups is 1. The fourth-order valence-electron chi connectivity index (χ4n) is 3.75. The zero-order valence-corrected chi connectivity index (χ0v) is 16.9. The van der Waals surface area contributed by atoms with E-state index in [1.54, 1.807) is 31.3 Å². The molecule has 1 unspecified atom stereocenters. The summed E-state index contributed by atoms with van der Waals surface area (Å²) in [6.45, 7) is 1.56. The third kappa shape index (κ3) is 3.35. The van der Waals surface area contributed by atoms with E-state index in [1.807, 2.05) is 18.2 Å². The second kappa shape index (κ2) is 7.39. The monoisotopic (exact) mass is 422 g/mol. The highest BCUT2D eigenvalue weighted by molar-refractivity contribution is 7.91. The lowest BCUT2D eigenvalue weighted by atomic mass is 10.0. The van der Waals surface area contributed by atoms with E-state index in [9.17, 15) is 23.6 Å². The van der Waals surface area contributed by atoms with Crippen molar-refractivity contribution < 1.29 is 13.5 Å². The average Bonchev–Trinajstić information content (AvgIpc) is 3.07. The minimum atomic E-state index is -3.29. The number of aliphatic imine (C=N–C) groups is 1. The maximum atomic E-state index is 12.8. The lowest BCUT2D eigenvalue weighted by Gasteiger charge is -2.18. The van der Waals surface area contributed by atoms with Crippen molar-refractivity contribution in [3.8, 4) is 11.9 Å². The molecule has 30 heavy (non-hydrogen) atoms. The van der Waals surface area contributed by atoms with E-state index in [0.717, 1.165) is 15.5 Å². The second-order valence-corrected chi connectivity index (χ2v) is 9.42. The van der Waals surface area contributed by atoms with Gasteiger partial charge in [-0.1, -0.05) is 6.07 Å². The molecule has 0 bridgehead atoms. The van der Waals surface area contributed by atoms with Crippen LogP contribution < -0.4 is 5.56 Å². The molecule has 1 atom stereocenters. The summed E-state index contributed by atoms with van der Waals surface area (Å²) in [5.41, 5.74) is 1.03. The zero-order chi connectivity index (χ0) is 21.5. The summed E-state index contributed by atoms with van der Waals surface area (Å²) in [7, 11) is -3.29. The Labute approximate surface area is 172 Å². The van der Waals surface area contributed by atoms with Gasteiger partial charge in [-0.2, -0.15) is 5.26 Å². The number of aromatic nitrogens is 2. The van der Waals surface area contributed by atoms with Crippen molar-refractivity contribution in [1.29, 1.82) is 5.26 Å². The lowest BCUT2D eigenvalue weighted by Crippen LogP contribution is -2.29. The van der Waals surface area contributed by atoms with E-state index in [2.05, 4.69) is 9.98 Å². The SMILES string of the molecule is Cc1c(C=Nc2cccc3ncccc23)c(O)n(C2CCS(=O)(=O)C2)c(=O)c1C#N. The number of rotatable bonds is 3. The summed E-state index contributed by atoms with van der Waals surface area (Å²) in [5.74, 6) is -0.702. The minimum Gasteiger partial charge on any atom is -0.494 e. The van der Waals surface area contributed by atoms with Gasteiger partial charge in [0.15, 0.2) is 9.84 Å². The van der Waals surface area contributed by atoms with E-state index in [4.69, 9.17) is 0 Å². The van der Waals surface area contributed by atoms with Crippen molar-refractivity contribution >= 4 is 32.6 Å². The van der Waals surface area contributed by atoms with Gasteiger partial charge in [0, 0.05) is 17.8 Å². The van der Waals surface area contributed by atoms with Crippen LogP contribution in [0.25, 0.3) is 10.9 Å². The first kappa shape index (κ1) is 19.8. The molecule has 3 aromatic rings. The molecule has 3 heterocycles. The molecule has 0 spiro atoms. The van der Waals surface area contributed by atoms with Crippen LogP contribution in [-0.2, 0) is 9.84 Å². The Morgan fingerprint density at radius 3 is 2.83 bits per heavy atom. The molecule has 0 saturated carbocycles. The largest absolute Gasteiger partial charge is 0.494 e. The first-order chi connectivity index (χ1) is 14.3. The molecule has 0 amide bonds. The fraction of sp³-hybridized carbons (Fsp3) is 0.238. The molecule has 8 nitrogen and oxygen atoms in total. The maximum Gasteiger partial charge on any atom is 0.271 e. The number of aromatic hydroxyl groups is 1. The van der Waals surface area contributed by atoms with E-state index >= 15 is 0 Å². The molecular weight excluding hydrogens is 404 g/mol. The first-order valence-corrected chi connectivity index (χ1v) is 11.1. The van der Waals surface area contributed by atoms with E-state index in [-0.39, 0.29) is 34.9 Å². The standard InChI is InChI=1S/C21H18N4O4S/c1-13-16(10-22)20(26)25(14-7-9-30(28,29)12-14)21(27)17(13)11-24-19-6-2-5-18-15(19)4-3-8-23-18/h2-6,8,11,14,27H,7,9,12H2,1H3. The Morgan fingerprint density at radius 2 is 2.13 bits per heavy atom. The number of fused-ring (bicyclic) bond motifs is 1. The third-order valence-electron chi connectivity index (χ3n) is 5.32. The predicted octanol–water partition coefficient (Wildman–Crippen LogP) is 2.39. The van der Waals surface area contributed by atoms with Gasteiger partial charge in [0.1, 0.15) is 11.6 Å². The van der Waals surface area contributed by atoms with Crippen molar-refractivity contribution in [2.75, 3.05) is 11.5 Å². The Bertz CT molecular complexity index is 1400. The molecule has 1 aliphatic rings. The van der Waals surface area contributed by atoms with Crippen LogP contribution >= 0.6 is 0 Å². The average molecular weight is 422 g/mol. The van der Waals surface area contributed by atoms with Crippen LogP contribution in [0.4, 0.5) is 5.69 Å². The number of nitrogens with zero attached hydrogens (tertiary/aromatic N) is 4. The molecule has 1 aliphatic heterocycles. The first-order valence-electron chi connectivity index (χ1n) is 9.29. The van der Waals surface area contributed by atoms with Gasteiger partial charge in [0.05, 0.1) is 34.3 Å². The lowest BCUT2D eigenvalue weighted by molar-refractivity contribution is 0.379. The molecule has 1 N–H and O–H groups in total. The summed E-state index contributed by atoms with van der Waals surface area (Å²) in [6, 6.07) is 10.3. The van der Waals surface area contributed by atoms with Crippen molar-refractivity contribution in [1.82, 2.24) is 9.55 Å². The van der Waals surface area contributed by atoms with Gasteiger partial charge >= 0.3 is 0 Å². The molecule has 1 aromatic carbocycles. The van der Waals surface area contributed by atoms with Crippen LogP contribution in [0, 0.1) is 18.3 Å². The molecule has 4 rings (SSSR count). The molecular formula is C21H18N4O4S. The Kier molecular flexibility index (Phi) is 4.87. The molecule has 0 aliphatic carbocycles. The van der Waals surface area contributed by atoms with Crippen molar-refractivity contribution in [2.45, 2.75) is 19.4 Å². The van der Waals surface area contributed by atoms with Crippen molar-refractivity contribution in [3.63, 3.8) is 0 Å². The molecule has 0 radical (unpaired) electrons. The zero-order valence-electron chi connectivity index (χ0n) is 16.1. The quantitative estimate of drug-likeness (QED) is 0.646. The highest BCUT2D eigenvalue weighted by atomic mass is 32.2. The molecule has 1 fully saturated rings. The molecule has 2 aromatic heterocycles. The van der Waals surface area contributed by atoms with Gasteiger partial charge in [-0.15, -0.1) is 0 Å². The van der Waals surface area contributed by atoms with Crippen LogP contribution in [0.5, 0.6) is 5.88 Å². The van der Waals surface area contributed by atoms with Gasteiger partial charge < -0.3 is 5.11 Å². The van der Waals surface area contributed by atoms with Crippen molar-refractivity contribution in [2.24, 2.45) is 4.99 Å². The number of nitriles is 1. The number of pyridine rings is 2. The number of hydrogen-bond donors (Lipinski definition) is 1. The minimum absolute atomic E-state index is 0.0638. The predicted molar refractivity (Wildman–Crippen MR) is 113 cm³/mol. The van der Waals surface area contributed by atoms with Crippen molar-refractivity contribution in [3.05, 3.63) is 63.6 Å². The Hall–Kier alpha value is -3.51. The number of benzene rings is 1. The Morgan fingerprint density at radius 1 is 1.33 bits per heavy atom. The van der Waals surface area contributed by atoms with E-state index in [1.165, 1.54) is 6.21 Å². The van der Waals surface area contributed by atoms with Gasteiger partial charge in [-0.05, 0) is 43.2 Å². The topological polar surface area (TPSA) is 125 Å². The third-order valence-corrected chi connectivity index (χ3v) is 7.07. The van der Waals surface area contributed by atoms with Gasteiger partial charge in [0.2, 0.25) is 5.88 Å². The van der Waals surface area contributed by atoms with E-state index in [0.29, 0.717) is 11.3 Å². The summed E-state index contributed by atoms with van der Waals surface area (Å²) < 4.78 is 24.8. The molecule has 1 saturated heterocycles. The van der Waals surface area contributed by atoms with Crippen LogP contribution in [0.1, 0.15) is 29.2 Å². The van der Waals surface area contributed by atoms with Gasteiger partial charge in [0.25, 0.3) is 5.56 Å². The summed E-state index contributed by atoms with van der Waals surface area (Å²) in [4.78, 5) is 21.5. The maximum absolute atomic E-state index is 12.8. The number of hydrogen-bond acceptors (Lipinski definition) is 7. The van der Waals surface area contributed by atoms with Crippen LogP contribution in [0.3, 0.4) is 0 Å².